The number of anilines is 1. The van der Waals surface area contributed by atoms with Gasteiger partial charge in [-0.1, -0.05) is 6.07 Å². The third-order valence-electron chi connectivity index (χ3n) is 4.77. The first-order valence-corrected chi connectivity index (χ1v) is 9.90. The largest absolute Gasteiger partial charge is 0.370 e. The van der Waals surface area contributed by atoms with Gasteiger partial charge in [0, 0.05) is 68.8 Å². The maximum atomic E-state index is 4.54. The molecular formula is C20H23N5S. The predicted molar refractivity (Wildman–Crippen MR) is 106 cm³/mol. The molecule has 0 spiro atoms. The van der Waals surface area contributed by atoms with Crippen LogP contribution < -0.4 is 4.90 Å². The first kappa shape index (κ1) is 17.1. The second kappa shape index (κ2) is 7.93. The van der Waals surface area contributed by atoms with E-state index < -0.39 is 0 Å². The third-order valence-corrected chi connectivity index (χ3v) is 5.64. The van der Waals surface area contributed by atoms with Crippen LogP contribution in [0.15, 0.2) is 48.4 Å². The summed E-state index contributed by atoms with van der Waals surface area (Å²) in [6, 6.07) is 6.22. The van der Waals surface area contributed by atoms with E-state index in [-0.39, 0.29) is 0 Å². The van der Waals surface area contributed by atoms with Crippen molar-refractivity contribution in [2.45, 2.75) is 19.9 Å². The maximum Gasteiger partial charge on any atom is 0.169 e. The summed E-state index contributed by atoms with van der Waals surface area (Å²) in [6.45, 7) is 7.33. The minimum absolute atomic E-state index is 0.818. The number of aryl methyl sites for hydroxylation is 1. The molecule has 0 radical (unpaired) electrons. The number of thiophene rings is 1. The highest BCUT2D eigenvalue weighted by molar-refractivity contribution is 7.13. The Morgan fingerprint density at radius 2 is 1.92 bits per heavy atom. The lowest BCUT2D eigenvalue weighted by Gasteiger charge is -2.25. The van der Waals surface area contributed by atoms with Crippen molar-refractivity contribution in [1.82, 2.24) is 19.9 Å². The van der Waals surface area contributed by atoms with Crippen LogP contribution in [0.2, 0.25) is 0 Å². The molecule has 0 aromatic carbocycles. The van der Waals surface area contributed by atoms with Crippen LogP contribution >= 0.6 is 11.3 Å². The lowest BCUT2D eigenvalue weighted by atomic mass is 10.2. The highest BCUT2D eigenvalue weighted by Crippen LogP contribution is 2.22. The fourth-order valence-corrected chi connectivity index (χ4v) is 4.09. The molecule has 26 heavy (non-hydrogen) atoms. The SMILES string of the molecule is Cc1cnccc1N1CCCN(Cc2cnc(-c3cccs3)nc2)CC1. The maximum absolute atomic E-state index is 4.54. The predicted octanol–water partition coefficient (Wildman–Crippen LogP) is 3.62. The van der Waals surface area contributed by atoms with Gasteiger partial charge >= 0.3 is 0 Å². The zero-order valence-corrected chi connectivity index (χ0v) is 15.8. The summed E-state index contributed by atoms with van der Waals surface area (Å²) in [4.78, 5) is 19.4. The Kier molecular flexibility index (Phi) is 5.22. The summed E-state index contributed by atoms with van der Waals surface area (Å²) in [5, 5.41) is 2.06. The average Bonchev–Trinajstić information content (AvgIpc) is 3.11. The molecule has 0 amide bonds. The number of hydrogen-bond acceptors (Lipinski definition) is 6. The highest BCUT2D eigenvalue weighted by Gasteiger charge is 2.17. The molecule has 3 aromatic rings. The van der Waals surface area contributed by atoms with Crippen molar-refractivity contribution in [3.05, 3.63) is 59.5 Å². The lowest BCUT2D eigenvalue weighted by molar-refractivity contribution is 0.285. The van der Waals surface area contributed by atoms with E-state index in [1.54, 1.807) is 11.3 Å². The van der Waals surface area contributed by atoms with Gasteiger partial charge in [-0.15, -0.1) is 11.3 Å². The van der Waals surface area contributed by atoms with Gasteiger partial charge in [0.15, 0.2) is 5.82 Å². The Labute approximate surface area is 158 Å². The van der Waals surface area contributed by atoms with Crippen LogP contribution in [0.3, 0.4) is 0 Å². The van der Waals surface area contributed by atoms with E-state index in [4.69, 9.17) is 0 Å². The smallest absolute Gasteiger partial charge is 0.169 e. The number of aromatic nitrogens is 3. The molecule has 134 valence electrons. The highest BCUT2D eigenvalue weighted by atomic mass is 32.1. The Bertz CT molecular complexity index is 832. The molecule has 1 aliphatic rings. The van der Waals surface area contributed by atoms with E-state index in [1.165, 1.54) is 16.8 Å². The Balaban J connectivity index is 1.38. The number of rotatable bonds is 4. The van der Waals surface area contributed by atoms with E-state index in [0.717, 1.165) is 49.8 Å². The quantitative estimate of drug-likeness (QED) is 0.707. The van der Waals surface area contributed by atoms with Gasteiger partial charge in [0.1, 0.15) is 0 Å². The normalized spacial score (nSPS) is 15.8. The fraction of sp³-hybridized carbons (Fsp3) is 0.350. The Hall–Kier alpha value is -2.31. The average molecular weight is 366 g/mol. The van der Waals surface area contributed by atoms with Crippen molar-refractivity contribution in [3.8, 4) is 10.7 Å². The van der Waals surface area contributed by atoms with Crippen LogP contribution in [0.4, 0.5) is 5.69 Å². The van der Waals surface area contributed by atoms with Gasteiger partial charge in [-0.25, -0.2) is 9.97 Å². The summed E-state index contributed by atoms with van der Waals surface area (Å²) in [7, 11) is 0. The Morgan fingerprint density at radius 3 is 2.69 bits per heavy atom. The first-order chi connectivity index (χ1) is 12.8. The molecular weight excluding hydrogens is 342 g/mol. The zero-order valence-electron chi connectivity index (χ0n) is 15.0. The molecule has 1 fully saturated rings. The van der Waals surface area contributed by atoms with Gasteiger partial charge < -0.3 is 4.90 Å². The number of hydrogen-bond donors (Lipinski definition) is 0. The van der Waals surface area contributed by atoms with Gasteiger partial charge in [0.2, 0.25) is 0 Å². The fourth-order valence-electron chi connectivity index (χ4n) is 3.42. The van der Waals surface area contributed by atoms with Crippen molar-refractivity contribution < 1.29 is 0 Å². The van der Waals surface area contributed by atoms with Crippen LogP contribution in [-0.4, -0.2) is 46.0 Å². The molecule has 1 aliphatic heterocycles. The minimum Gasteiger partial charge on any atom is -0.370 e. The van der Waals surface area contributed by atoms with Crippen LogP contribution in [-0.2, 0) is 6.54 Å². The topological polar surface area (TPSA) is 45.2 Å². The standard InChI is InChI=1S/C20H23N5S/c1-16-12-21-6-5-18(16)25-8-3-7-24(9-10-25)15-17-13-22-20(23-14-17)19-4-2-11-26-19/h2,4-6,11-14H,3,7-10,15H2,1H3. The second-order valence-electron chi connectivity index (χ2n) is 6.67. The second-order valence-corrected chi connectivity index (χ2v) is 7.62. The molecule has 0 saturated carbocycles. The summed E-state index contributed by atoms with van der Waals surface area (Å²) in [6.07, 6.45) is 8.94. The van der Waals surface area contributed by atoms with E-state index in [2.05, 4.69) is 49.2 Å². The van der Waals surface area contributed by atoms with Crippen molar-refractivity contribution in [3.63, 3.8) is 0 Å². The van der Waals surface area contributed by atoms with Gasteiger partial charge in [-0.2, -0.15) is 0 Å². The van der Waals surface area contributed by atoms with Gasteiger partial charge in [-0.05, 0) is 36.4 Å². The molecule has 0 bridgehead atoms. The summed E-state index contributed by atoms with van der Waals surface area (Å²) >= 11 is 1.67. The molecule has 4 heterocycles. The van der Waals surface area contributed by atoms with E-state index in [1.807, 2.05) is 30.9 Å². The van der Waals surface area contributed by atoms with Crippen molar-refractivity contribution in [2.24, 2.45) is 0 Å². The third kappa shape index (κ3) is 3.92. The molecule has 0 atom stereocenters. The van der Waals surface area contributed by atoms with Crippen LogP contribution in [0.25, 0.3) is 10.7 Å². The minimum atomic E-state index is 0.818. The first-order valence-electron chi connectivity index (χ1n) is 9.02. The summed E-state index contributed by atoms with van der Waals surface area (Å²) in [5.74, 6) is 0.818. The monoisotopic (exact) mass is 365 g/mol. The van der Waals surface area contributed by atoms with E-state index in [9.17, 15) is 0 Å². The van der Waals surface area contributed by atoms with Crippen molar-refractivity contribution in [2.75, 3.05) is 31.1 Å². The van der Waals surface area contributed by atoms with E-state index >= 15 is 0 Å². The van der Waals surface area contributed by atoms with Crippen LogP contribution in [0, 0.1) is 6.92 Å². The number of pyridine rings is 1. The molecule has 5 nitrogen and oxygen atoms in total. The molecule has 6 heteroatoms. The number of nitrogens with zero attached hydrogens (tertiary/aromatic N) is 5. The van der Waals surface area contributed by atoms with E-state index in [0.29, 0.717) is 0 Å². The molecule has 4 rings (SSSR count). The Morgan fingerprint density at radius 1 is 1.04 bits per heavy atom. The zero-order chi connectivity index (χ0) is 17.8. The molecule has 0 unspecified atom stereocenters. The van der Waals surface area contributed by atoms with Crippen LogP contribution in [0.5, 0.6) is 0 Å². The van der Waals surface area contributed by atoms with Gasteiger partial charge in [0.05, 0.1) is 4.88 Å². The molecule has 1 saturated heterocycles. The van der Waals surface area contributed by atoms with Crippen molar-refractivity contribution in [1.29, 1.82) is 0 Å². The molecule has 0 aliphatic carbocycles. The lowest BCUT2D eigenvalue weighted by Crippen LogP contribution is -2.30. The molecule has 3 aromatic heterocycles. The molecule has 0 N–H and O–H groups in total. The summed E-state index contributed by atoms with van der Waals surface area (Å²) < 4.78 is 0. The van der Waals surface area contributed by atoms with Crippen molar-refractivity contribution >= 4 is 17.0 Å². The van der Waals surface area contributed by atoms with Crippen LogP contribution in [0.1, 0.15) is 17.5 Å². The summed E-state index contributed by atoms with van der Waals surface area (Å²) in [5.41, 5.74) is 3.74. The van der Waals surface area contributed by atoms with Gasteiger partial charge in [-0.3, -0.25) is 9.88 Å². The van der Waals surface area contributed by atoms with Gasteiger partial charge in [0.25, 0.3) is 0 Å².